The van der Waals surface area contributed by atoms with Gasteiger partial charge in [-0.1, -0.05) is 66.7 Å². The lowest BCUT2D eigenvalue weighted by Gasteiger charge is -2.10. The molecule has 4 aromatic rings. The molecule has 0 aliphatic rings. The zero-order chi connectivity index (χ0) is 22.3. The monoisotopic (exact) mass is 426 g/mol. The molecule has 1 aromatic heterocycles. The quantitative estimate of drug-likeness (QED) is 0.460. The van der Waals surface area contributed by atoms with E-state index in [1.165, 1.54) is 0 Å². The zero-order valence-electron chi connectivity index (χ0n) is 17.5. The van der Waals surface area contributed by atoms with Crippen LogP contribution in [-0.2, 0) is 11.3 Å². The number of nitrogens with zero attached hydrogens (tertiary/aromatic N) is 2. The number of amides is 2. The number of rotatable bonds is 6. The van der Waals surface area contributed by atoms with Crippen LogP contribution < -0.4 is 10.9 Å². The smallest absolute Gasteiger partial charge is 0.273 e. The van der Waals surface area contributed by atoms with Gasteiger partial charge in [0.05, 0.1) is 17.9 Å². The van der Waals surface area contributed by atoms with Crippen LogP contribution >= 0.6 is 0 Å². The molecule has 0 aliphatic heterocycles. The van der Waals surface area contributed by atoms with E-state index >= 15 is 0 Å². The van der Waals surface area contributed by atoms with Crippen LogP contribution in [0, 0.1) is 0 Å². The van der Waals surface area contributed by atoms with Crippen LogP contribution in [-0.4, -0.2) is 28.7 Å². The van der Waals surface area contributed by atoms with Crippen molar-refractivity contribution < 1.29 is 14.3 Å². The van der Waals surface area contributed by atoms with E-state index in [0.29, 0.717) is 23.4 Å². The molecule has 2 N–H and O–H groups in total. The number of methoxy groups -OCH3 is 1. The molecule has 1 heterocycles. The van der Waals surface area contributed by atoms with Gasteiger partial charge in [0.15, 0.2) is 0 Å². The first-order valence-electron chi connectivity index (χ1n) is 10.1. The largest absolute Gasteiger partial charge is 0.380 e. The first kappa shape index (κ1) is 21.0. The van der Waals surface area contributed by atoms with Crippen molar-refractivity contribution >= 4 is 11.8 Å². The molecule has 4 rings (SSSR count). The predicted molar refractivity (Wildman–Crippen MR) is 121 cm³/mol. The van der Waals surface area contributed by atoms with Gasteiger partial charge in [0.1, 0.15) is 5.69 Å². The molecule has 0 saturated heterocycles. The number of hydrazine groups is 1. The van der Waals surface area contributed by atoms with Crippen LogP contribution in [0.5, 0.6) is 0 Å². The highest BCUT2D eigenvalue weighted by Crippen LogP contribution is 2.23. The normalized spacial score (nSPS) is 10.5. The Hall–Kier alpha value is -4.23. The summed E-state index contributed by atoms with van der Waals surface area (Å²) in [4.78, 5) is 25.7. The molecule has 7 heteroatoms. The van der Waals surface area contributed by atoms with Crippen LogP contribution in [0.2, 0.25) is 0 Å². The van der Waals surface area contributed by atoms with Gasteiger partial charge in [-0.25, -0.2) is 4.68 Å². The van der Waals surface area contributed by atoms with Crippen LogP contribution in [0.25, 0.3) is 16.9 Å². The SMILES string of the molecule is COCc1ccccc1C(=O)NNC(=O)c1cn(-c2ccccc2)nc1-c1ccccc1. The molecule has 0 fully saturated rings. The lowest BCUT2D eigenvalue weighted by molar-refractivity contribution is 0.0844. The average molecular weight is 426 g/mol. The fraction of sp³-hybridized carbons (Fsp3) is 0.0800. The number of hydrogen-bond donors (Lipinski definition) is 2. The van der Waals surface area contributed by atoms with Crippen LogP contribution in [0.4, 0.5) is 0 Å². The average Bonchev–Trinajstić information content (AvgIpc) is 3.30. The molecule has 0 radical (unpaired) electrons. The number of para-hydroxylation sites is 1. The number of hydrogen-bond acceptors (Lipinski definition) is 4. The summed E-state index contributed by atoms with van der Waals surface area (Å²) in [6.07, 6.45) is 1.65. The van der Waals surface area contributed by atoms with Gasteiger partial charge in [0.2, 0.25) is 0 Å². The minimum atomic E-state index is -0.469. The predicted octanol–water partition coefficient (Wildman–Crippen LogP) is 3.76. The van der Waals surface area contributed by atoms with E-state index in [-0.39, 0.29) is 0 Å². The summed E-state index contributed by atoms with van der Waals surface area (Å²) in [6, 6.07) is 26.0. The molecule has 2 amide bonds. The third kappa shape index (κ3) is 4.58. The molecular weight excluding hydrogens is 404 g/mol. The Bertz CT molecular complexity index is 1220. The second-order valence-electron chi connectivity index (χ2n) is 7.04. The number of benzene rings is 3. The molecule has 0 unspecified atom stereocenters. The maximum Gasteiger partial charge on any atom is 0.273 e. The van der Waals surface area contributed by atoms with Gasteiger partial charge in [-0.15, -0.1) is 0 Å². The van der Waals surface area contributed by atoms with Crippen molar-refractivity contribution in [2.45, 2.75) is 6.61 Å². The van der Waals surface area contributed by atoms with Crippen LogP contribution in [0.3, 0.4) is 0 Å². The number of aromatic nitrogens is 2. The van der Waals surface area contributed by atoms with Crippen molar-refractivity contribution in [3.05, 3.63) is 108 Å². The molecule has 0 spiro atoms. The molecule has 32 heavy (non-hydrogen) atoms. The van der Waals surface area contributed by atoms with Gasteiger partial charge in [0, 0.05) is 24.4 Å². The molecule has 0 aliphatic carbocycles. The topological polar surface area (TPSA) is 85.3 Å². The van der Waals surface area contributed by atoms with E-state index in [2.05, 4.69) is 16.0 Å². The second-order valence-corrected chi connectivity index (χ2v) is 7.04. The van der Waals surface area contributed by atoms with Crippen molar-refractivity contribution in [3.8, 4) is 16.9 Å². The molecule has 7 nitrogen and oxygen atoms in total. The highest BCUT2D eigenvalue weighted by Gasteiger charge is 2.20. The summed E-state index contributed by atoms with van der Waals surface area (Å²) >= 11 is 0. The number of carbonyl (C=O) groups excluding carboxylic acids is 2. The van der Waals surface area contributed by atoms with Crippen molar-refractivity contribution in [2.24, 2.45) is 0 Å². The van der Waals surface area contributed by atoms with E-state index in [4.69, 9.17) is 4.74 Å². The standard InChI is InChI=1S/C25H22N4O3/c1-32-17-19-12-8-9-15-21(19)24(30)26-27-25(31)22-16-29(20-13-6-3-7-14-20)28-23(22)18-10-4-2-5-11-18/h2-16H,17H2,1H3,(H,26,30)(H,27,31). The first-order chi connectivity index (χ1) is 15.7. The Labute approximate surface area is 185 Å². The number of ether oxygens (including phenoxy) is 1. The molecule has 3 aromatic carbocycles. The molecule has 0 saturated carbocycles. The second kappa shape index (κ2) is 9.72. The highest BCUT2D eigenvalue weighted by atomic mass is 16.5. The lowest BCUT2D eigenvalue weighted by Crippen LogP contribution is -2.42. The number of nitrogens with one attached hydrogen (secondary N) is 2. The van der Waals surface area contributed by atoms with Gasteiger partial charge in [-0.05, 0) is 23.8 Å². The number of carbonyl (C=O) groups is 2. The van der Waals surface area contributed by atoms with Crippen LogP contribution in [0.1, 0.15) is 26.3 Å². The van der Waals surface area contributed by atoms with E-state index < -0.39 is 11.8 Å². The maximum atomic E-state index is 13.0. The Balaban J connectivity index is 1.59. The molecule has 0 bridgehead atoms. The van der Waals surface area contributed by atoms with Gasteiger partial charge in [-0.2, -0.15) is 5.10 Å². The third-order valence-electron chi connectivity index (χ3n) is 4.88. The van der Waals surface area contributed by atoms with Gasteiger partial charge >= 0.3 is 0 Å². The Morgan fingerprint density at radius 1 is 0.812 bits per heavy atom. The third-order valence-corrected chi connectivity index (χ3v) is 4.88. The van der Waals surface area contributed by atoms with E-state index in [1.807, 2.05) is 66.7 Å². The maximum absolute atomic E-state index is 13.0. The van der Waals surface area contributed by atoms with E-state index in [9.17, 15) is 9.59 Å². The highest BCUT2D eigenvalue weighted by molar-refractivity contribution is 6.02. The molecule has 0 atom stereocenters. The van der Waals surface area contributed by atoms with Crippen molar-refractivity contribution in [1.29, 1.82) is 0 Å². The lowest BCUT2D eigenvalue weighted by atomic mass is 10.1. The van der Waals surface area contributed by atoms with Crippen molar-refractivity contribution in [1.82, 2.24) is 20.6 Å². The van der Waals surface area contributed by atoms with Gasteiger partial charge in [0.25, 0.3) is 11.8 Å². The molecule has 160 valence electrons. The van der Waals surface area contributed by atoms with Crippen molar-refractivity contribution in [3.63, 3.8) is 0 Å². The Morgan fingerprint density at radius 2 is 1.41 bits per heavy atom. The Kier molecular flexibility index (Phi) is 6.38. The summed E-state index contributed by atoms with van der Waals surface area (Å²) in [7, 11) is 1.56. The summed E-state index contributed by atoms with van der Waals surface area (Å²) in [5, 5.41) is 4.62. The minimum Gasteiger partial charge on any atom is -0.380 e. The summed E-state index contributed by atoms with van der Waals surface area (Å²) < 4.78 is 6.79. The van der Waals surface area contributed by atoms with Crippen molar-refractivity contribution in [2.75, 3.05) is 7.11 Å². The molecular formula is C25H22N4O3. The van der Waals surface area contributed by atoms with E-state index in [0.717, 1.165) is 16.8 Å². The Morgan fingerprint density at radius 3 is 2.09 bits per heavy atom. The van der Waals surface area contributed by atoms with Gasteiger partial charge < -0.3 is 4.74 Å². The summed E-state index contributed by atoms with van der Waals surface area (Å²) in [6.45, 7) is 0.291. The minimum absolute atomic E-state index is 0.291. The first-order valence-corrected chi connectivity index (χ1v) is 10.1. The fourth-order valence-corrected chi connectivity index (χ4v) is 3.33. The van der Waals surface area contributed by atoms with Gasteiger partial charge in [-0.3, -0.25) is 20.4 Å². The summed E-state index contributed by atoms with van der Waals surface area (Å²) in [5.41, 5.74) is 8.63. The zero-order valence-corrected chi connectivity index (χ0v) is 17.5. The van der Waals surface area contributed by atoms with E-state index in [1.54, 1.807) is 36.2 Å². The summed E-state index contributed by atoms with van der Waals surface area (Å²) in [5.74, 6) is -0.897. The van der Waals surface area contributed by atoms with Crippen LogP contribution in [0.15, 0.2) is 91.1 Å². The fourth-order valence-electron chi connectivity index (χ4n) is 3.33.